The summed E-state index contributed by atoms with van der Waals surface area (Å²) in [6.45, 7) is 12.0. The Bertz CT molecular complexity index is 2350. The van der Waals surface area contributed by atoms with Crippen molar-refractivity contribution in [3.8, 4) is 11.4 Å². The lowest BCUT2D eigenvalue weighted by molar-refractivity contribution is 0.0887. The van der Waals surface area contributed by atoms with Crippen molar-refractivity contribution in [3.63, 3.8) is 0 Å². The highest BCUT2D eigenvalue weighted by Gasteiger charge is 2.23. The van der Waals surface area contributed by atoms with Gasteiger partial charge in [0.15, 0.2) is 0 Å². The molecular weight excluding hydrogens is 733 g/mol. The summed E-state index contributed by atoms with van der Waals surface area (Å²) in [6.07, 6.45) is 6.45. The second-order valence-corrected chi connectivity index (χ2v) is 15.5. The number of likely N-dealkylation sites (tertiary alicyclic amines) is 1. The number of aromatic nitrogens is 5. The maximum absolute atomic E-state index is 13.5. The number of benzene rings is 3. The number of piperidine rings is 1. The maximum Gasteiger partial charge on any atom is 0.324 e. The number of rotatable bonds is 13. The third-order valence-electron chi connectivity index (χ3n) is 10.0. The summed E-state index contributed by atoms with van der Waals surface area (Å²) in [4.78, 5) is 41.9. The van der Waals surface area contributed by atoms with Crippen LogP contribution in [0.25, 0.3) is 16.5 Å². The van der Waals surface area contributed by atoms with Gasteiger partial charge >= 0.3 is 6.03 Å². The Kier molecular flexibility index (Phi) is 12.2. The highest BCUT2D eigenvalue weighted by Crippen LogP contribution is 2.33. The Morgan fingerprint density at radius 3 is 2.36 bits per heavy atom. The summed E-state index contributed by atoms with van der Waals surface area (Å²) in [7, 11) is 1.71. The average molecular weight is 783 g/mol. The van der Waals surface area contributed by atoms with Crippen molar-refractivity contribution in [3.05, 3.63) is 120 Å². The van der Waals surface area contributed by atoms with E-state index >= 15 is 0 Å². The van der Waals surface area contributed by atoms with Crippen LogP contribution in [0.4, 0.5) is 27.9 Å². The minimum atomic E-state index is -0.391. The van der Waals surface area contributed by atoms with Gasteiger partial charge in [-0.2, -0.15) is 5.10 Å². The molecule has 1 saturated heterocycles. The monoisotopic (exact) mass is 782 g/mol. The topological polar surface area (TPSA) is 160 Å². The molecule has 14 heteroatoms. The van der Waals surface area contributed by atoms with Gasteiger partial charge in [-0.25, -0.2) is 24.4 Å². The van der Waals surface area contributed by atoms with Crippen molar-refractivity contribution < 1.29 is 19.1 Å². The first-order valence-electron chi connectivity index (χ1n) is 19.5. The summed E-state index contributed by atoms with van der Waals surface area (Å²) >= 11 is 0. The number of aryl methyl sites for hydroxylation is 1. The molecule has 0 unspecified atom stereocenters. The molecule has 0 bridgehead atoms. The SMILES string of the molecule is COCCN1CCC(NC(=O)c2cnc(Nc3cc(COc4ccc(NC(=O)Nc5cc(C(C)(C)C)nn5-c5ccc(C)cc5)c5ccccc45)ccn3)cn2)CC1. The number of methoxy groups -OCH3 is 1. The first kappa shape index (κ1) is 39.8. The first-order valence-corrected chi connectivity index (χ1v) is 19.5. The first-order chi connectivity index (χ1) is 28.0. The summed E-state index contributed by atoms with van der Waals surface area (Å²) in [5.41, 5.74) is 4.41. The molecule has 3 aromatic heterocycles. The van der Waals surface area contributed by atoms with Gasteiger partial charge in [-0.05, 0) is 61.7 Å². The normalized spacial score (nSPS) is 13.6. The third kappa shape index (κ3) is 9.94. The van der Waals surface area contributed by atoms with Gasteiger partial charge in [0.05, 0.1) is 36.1 Å². The van der Waals surface area contributed by atoms with E-state index in [1.165, 1.54) is 12.4 Å². The van der Waals surface area contributed by atoms with Gasteiger partial charge in [-0.15, -0.1) is 0 Å². The van der Waals surface area contributed by atoms with E-state index in [9.17, 15) is 9.59 Å². The van der Waals surface area contributed by atoms with Crippen LogP contribution in [0.3, 0.4) is 0 Å². The lowest BCUT2D eigenvalue weighted by atomic mass is 9.92. The van der Waals surface area contributed by atoms with E-state index in [0.29, 0.717) is 35.5 Å². The Morgan fingerprint density at radius 1 is 0.862 bits per heavy atom. The molecule has 4 heterocycles. The van der Waals surface area contributed by atoms with Crippen molar-refractivity contribution in [1.29, 1.82) is 0 Å². The zero-order valence-electron chi connectivity index (χ0n) is 33.6. The summed E-state index contributed by atoms with van der Waals surface area (Å²) < 4.78 is 13.3. The Balaban J connectivity index is 0.964. The molecular formula is C44H50N10O4. The molecule has 0 saturated carbocycles. The average Bonchev–Trinajstić information content (AvgIpc) is 3.65. The van der Waals surface area contributed by atoms with E-state index < -0.39 is 6.03 Å². The van der Waals surface area contributed by atoms with Crippen LogP contribution < -0.4 is 26.0 Å². The molecule has 0 radical (unpaired) electrons. The number of anilines is 4. The van der Waals surface area contributed by atoms with Crippen LogP contribution in [0.1, 0.15) is 60.9 Å². The second kappa shape index (κ2) is 17.8. The fourth-order valence-electron chi connectivity index (χ4n) is 6.71. The Morgan fingerprint density at radius 2 is 1.64 bits per heavy atom. The van der Waals surface area contributed by atoms with Crippen LogP contribution >= 0.6 is 0 Å². The lowest BCUT2D eigenvalue weighted by Gasteiger charge is -2.32. The van der Waals surface area contributed by atoms with Crippen molar-refractivity contribution in [2.45, 2.75) is 58.6 Å². The number of hydrogen-bond donors (Lipinski definition) is 4. The van der Waals surface area contributed by atoms with E-state index in [4.69, 9.17) is 14.6 Å². The van der Waals surface area contributed by atoms with E-state index in [0.717, 1.165) is 65.8 Å². The quantitative estimate of drug-likeness (QED) is 0.0918. The molecule has 3 aromatic carbocycles. The van der Waals surface area contributed by atoms with Gasteiger partial charge in [-0.1, -0.05) is 62.7 Å². The smallest absolute Gasteiger partial charge is 0.324 e. The number of nitrogens with one attached hydrogen (secondary N) is 4. The van der Waals surface area contributed by atoms with Gasteiger partial charge in [0.25, 0.3) is 5.91 Å². The molecule has 0 spiro atoms. The van der Waals surface area contributed by atoms with Crippen LogP contribution in [-0.2, 0) is 16.8 Å². The van der Waals surface area contributed by atoms with E-state index in [2.05, 4.69) is 61.9 Å². The number of hydrogen-bond acceptors (Lipinski definition) is 10. The number of carbonyl (C=O) groups is 2. The zero-order chi connectivity index (χ0) is 40.6. The van der Waals surface area contributed by atoms with Gasteiger partial charge < -0.3 is 30.3 Å². The largest absolute Gasteiger partial charge is 0.488 e. The predicted molar refractivity (Wildman–Crippen MR) is 226 cm³/mol. The molecule has 1 aliphatic rings. The van der Waals surface area contributed by atoms with Crippen LogP contribution in [-0.4, -0.2) is 81.0 Å². The van der Waals surface area contributed by atoms with Gasteiger partial charge in [0.2, 0.25) is 0 Å². The molecule has 7 rings (SSSR count). The van der Waals surface area contributed by atoms with Gasteiger partial charge in [0.1, 0.15) is 35.5 Å². The number of carbonyl (C=O) groups excluding carboxylic acids is 2. The highest BCUT2D eigenvalue weighted by molar-refractivity contribution is 6.07. The molecule has 58 heavy (non-hydrogen) atoms. The minimum absolute atomic E-state index is 0.105. The molecule has 1 aliphatic heterocycles. The second-order valence-electron chi connectivity index (χ2n) is 15.5. The summed E-state index contributed by atoms with van der Waals surface area (Å²) in [5, 5.41) is 18.8. The predicted octanol–water partition coefficient (Wildman–Crippen LogP) is 7.62. The van der Waals surface area contributed by atoms with Gasteiger partial charge in [0, 0.05) is 61.2 Å². The highest BCUT2D eigenvalue weighted by atomic mass is 16.5. The van der Waals surface area contributed by atoms with Crippen molar-refractivity contribution in [2.24, 2.45) is 0 Å². The van der Waals surface area contributed by atoms with Crippen LogP contribution in [0, 0.1) is 6.92 Å². The summed E-state index contributed by atoms with van der Waals surface area (Å²) in [6, 6.07) is 24.9. The minimum Gasteiger partial charge on any atom is -0.488 e. The fraction of sp³-hybridized carbons (Fsp3) is 0.318. The molecule has 0 aliphatic carbocycles. The molecule has 14 nitrogen and oxygen atoms in total. The molecule has 1 fully saturated rings. The molecule has 300 valence electrons. The Labute approximate surface area is 338 Å². The standard InChI is InChI=1S/C44H50N10O4/c1-29-10-12-32(13-11-29)54-41(25-38(52-54)44(2,3)4)51-43(56)49-35-14-15-37(34-9-7-6-8-33(34)35)58-28-30-16-19-45-39(24-30)50-40-27-46-36(26-47-40)42(55)48-31-17-20-53(21-18-31)22-23-57-5/h6-16,19,24-27,31H,17-18,20-23,28H2,1-5H3,(H,48,55)(H,45,47,50)(H2,49,51,56). The number of pyridine rings is 1. The number of nitrogens with zero attached hydrogens (tertiary/aromatic N) is 6. The van der Waals surface area contributed by atoms with Crippen LogP contribution in [0.5, 0.6) is 5.75 Å². The van der Waals surface area contributed by atoms with Gasteiger partial charge in [-0.3, -0.25) is 10.1 Å². The molecule has 4 N–H and O–H groups in total. The van der Waals surface area contributed by atoms with E-state index in [1.54, 1.807) is 18.0 Å². The summed E-state index contributed by atoms with van der Waals surface area (Å²) in [5.74, 6) is 2.01. The maximum atomic E-state index is 13.5. The number of urea groups is 1. The Hall–Kier alpha value is -6.38. The third-order valence-corrected chi connectivity index (χ3v) is 10.0. The van der Waals surface area contributed by atoms with Crippen LogP contribution in [0.2, 0.25) is 0 Å². The number of ether oxygens (including phenoxy) is 2. The number of fused-ring (bicyclic) bond motifs is 1. The molecule has 6 aromatic rings. The fourth-order valence-corrected chi connectivity index (χ4v) is 6.71. The van der Waals surface area contributed by atoms with Crippen LogP contribution in [0.15, 0.2) is 97.5 Å². The molecule has 0 atom stereocenters. The van der Waals surface area contributed by atoms with Crippen molar-refractivity contribution >= 4 is 45.9 Å². The van der Waals surface area contributed by atoms with Crippen molar-refractivity contribution in [2.75, 3.05) is 49.3 Å². The zero-order valence-corrected chi connectivity index (χ0v) is 33.6. The number of amides is 3. The lowest BCUT2D eigenvalue weighted by Crippen LogP contribution is -2.45. The van der Waals surface area contributed by atoms with E-state index in [1.807, 2.05) is 85.8 Å². The molecule has 3 amide bonds. The van der Waals surface area contributed by atoms with Crippen molar-refractivity contribution in [1.82, 2.24) is 34.9 Å². The van der Waals surface area contributed by atoms with E-state index in [-0.39, 0.29) is 29.7 Å².